The van der Waals surface area contributed by atoms with Crippen molar-refractivity contribution in [3.8, 4) is 0 Å². The number of halogens is 1. The largest absolute Gasteiger partial charge is 0.358 e. The summed E-state index contributed by atoms with van der Waals surface area (Å²) in [6.45, 7) is 4.38. The van der Waals surface area contributed by atoms with Gasteiger partial charge in [0, 0.05) is 25.4 Å². The van der Waals surface area contributed by atoms with E-state index in [1.54, 1.807) is 11.9 Å². The Morgan fingerprint density at radius 1 is 1.39 bits per heavy atom. The van der Waals surface area contributed by atoms with Crippen LogP contribution in [0, 0.1) is 0 Å². The monoisotopic (exact) mass is 291 g/mol. The SMILES string of the molecule is CC(C)c1c(Cl)ncnc1N(C)CCS(C)(=O)=O. The van der Waals surface area contributed by atoms with Crippen molar-refractivity contribution in [1.29, 1.82) is 0 Å². The van der Waals surface area contributed by atoms with Crippen LogP contribution in [0.1, 0.15) is 25.3 Å². The predicted octanol–water partition coefficient (Wildman–Crippen LogP) is 1.73. The van der Waals surface area contributed by atoms with Gasteiger partial charge < -0.3 is 4.90 Å². The van der Waals surface area contributed by atoms with E-state index in [4.69, 9.17) is 11.6 Å². The highest BCUT2D eigenvalue weighted by molar-refractivity contribution is 7.90. The van der Waals surface area contributed by atoms with Gasteiger partial charge in [-0.05, 0) is 5.92 Å². The van der Waals surface area contributed by atoms with Crippen molar-refractivity contribution in [1.82, 2.24) is 9.97 Å². The molecule has 1 heterocycles. The second-order valence-electron chi connectivity index (χ2n) is 4.61. The Bertz CT molecular complexity index is 517. The highest BCUT2D eigenvalue weighted by atomic mass is 35.5. The van der Waals surface area contributed by atoms with Crippen LogP contribution >= 0.6 is 11.6 Å². The summed E-state index contributed by atoms with van der Waals surface area (Å²) < 4.78 is 22.3. The normalized spacial score (nSPS) is 11.9. The molecule has 0 saturated heterocycles. The Labute approximate surface area is 113 Å². The van der Waals surface area contributed by atoms with Crippen LogP contribution in [0.15, 0.2) is 6.33 Å². The number of hydrogen-bond donors (Lipinski definition) is 0. The van der Waals surface area contributed by atoms with Crippen molar-refractivity contribution in [3.05, 3.63) is 17.0 Å². The van der Waals surface area contributed by atoms with Gasteiger partial charge in [-0.3, -0.25) is 0 Å². The molecule has 18 heavy (non-hydrogen) atoms. The molecule has 102 valence electrons. The van der Waals surface area contributed by atoms with Gasteiger partial charge in [0.05, 0.1) is 5.75 Å². The lowest BCUT2D eigenvalue weighted by atomic mass is 10.1. The van der Waals surface area contributed by atoms with Gasteiger partial charge in [0.25, 0.3) is 0 Å². The first-order valence-electron chi connectivity index (χ1n) is 5.61. The smallest absolute Gasteiger partial charge is 0.149 e. The summed E-state index contributed by atoms with van der Waals surface area (Å²) >= 11 is 6.06. The lowest BCUT2D eigenvalue weighted by Gasteiger charge is -2.22. The van der Waals surface area contributed by atoms with Crippen molar-refractivity contribution in [3.63, 3.8) is 0 Å². The van der Waals surface area contributed by atoms with Crippen molar-refractivity contribution >= 4 is 27.3 Å². The molecule has 0 aliphatic heterocycles. The molecule has 0 spiro atoms. The molecule has 5 nitrogen and oxygen atoms in total. The number of aromatic nitrogens is 2. The second kappa shape index (κ2) is 5.84. The van der Waals surface area contributed by atoms with Gasteiger partial charge in [0.15, 0.2) is 0 Å². The summed E-state index contributed by atoms with van der Waals surface area (Å²) in [4.78, 5) is 9.95. The molecule has 0 radical (unpaired) electrons. The van der Waals surface area contributed by atoms with E-state index in [1.807, 2.05) is 13.8 Å². The van der Waals surface area contributed by atoms with Crippen LogP contribution in [0.5, 0.6) is 0 Å². The number of rotatable bonds is 5. The van der Waals surface area contributed by atoms with E-state index in [9.17, 15) is 8.42 Å². The van der Waals surface area contributed by atoms with Crippen molar-refractivity contribution in [2.75, 3.05) is 30.5 Å². The third-order valence-electron chi connectivity index (χ3n) is 2.55. The molecule has 0 aromatic carbocycles. The molecular weight excluding hydrogens is 274 g/mol. The van der Waals surface area contributed by atoms with Gasteiger partial charge in [-0.15, -0.1) is 0 Å². The van der Waals surface area contributed by atoms with Crippen molar-refractivity contribution in [2.24, 2.45) is 0 Å². The summed E-state index contributed by atoms with van der Waals surface area (Å²) in [6.07, 6.45) is 2.61. The standard InChI is InChI=1S/C11H18ClN3O2S/c1-8(2)9-10(12)13-7-14-11(9)15(3)5-6-18(4,16)17/h7-8H,5-6H2,1-4H3. The Hall–Kier alpha value is -0.880. The summed E-state index contributed by atoms with van der Waals surface area (Å²) in [5, 5.41) is 0.418. The molecule has 0 N–H and O–H groups in total. The van der Waals surface area contributed by atoms with Crippen LogP contribution in [0.25, 0.3) is 0 Å². The molecule has 0 aliphatic carbocycles. The molecule has 0 bridgehead atoms. The first kappa shape index (κ1) is 15.2. The Morgan fingerprint density at radius 2 is 2.00 bits per heavy atom. The third kappa shape index (κ3) is 4.10. The summed E-state index contributed by atoms with van der Waals surface area (Å²) in [7, 11) is -1.19. The van der Waals surface area contributed by atoms with Gasteiger partial charge in [-0.2, -0.15) is 0 Å². The number of hydrogen-bond acceptors (Lipinski definition) is 5. The lowest BCUT2D eigenvalue weighted by Crippen LogP contribution is -2.27. The number of sulfone groups is 1. The van der Waals surface area contributed by atoms with Gasteiger partial charge >= 0.3 is 0 Å². The van der Waals surface area contributed by atoms with E-state index in [0.717, 1.165) is 5.56 Å². The first-order chi connectivity index (χ1) is 8.22. The zero-order valence-corrected chi connectivity index (χ0v) is 12.6. The minimum atomic E-state index is -2.99. The average molecular weight is 292 g/mol. The Kier molecular flexibility index (Phi) is 4.92. The van der Waals surface area contributed by atoms with Crippen LogP contribution in [-0.4, -0.2) is 44.0 Å². The van der Waals surface area contributed by atoms with Crippen LogP contribution in [-0.2, 0) is 9.84 Å². The van der Waals surface area contributed by atoms with E-state index in [0.29, 0.717) is 17.5 Å². The molecule has 1 aromatic rings. The van der Waals surface area contributed by atoms with Gasteiger partial charge in [-0.25, -0.2) is 18.4 Å². The third-order valence-corrected chi connectivity index (χ3v) is 3.78. The molecule has 0 unspecified atom stereocenters. The van der Waals surface area contributed by atoms with E-state index in [2.05, 4.69) is 9.97 Å². The average Bonchev–Trinajstić information content (AvgIpc) is 2.24. The summed E-state index contributed by atoms with van der Waals surface area (Å²) in [5.74, 6) is 0.950. The van der Waals surface area contributed by atoms with E-state index >= 15 is 0 Å². The Morgan fingerprint density at radius 3 is 2.50 bits per heavy atom. The fourth-order valence-electron chi connectivity index (χ4n) is 1.57. The van der Waals surface area contributed by atoms with Crippen LogP contribution in [0.3, 0.4) is 0 Å². The fourth-order valence-corrected chi connectivity index (χ4v) is 2.53. The van der Waals surface area contributed by atoms with Gasteiger partial charge in [-0.1, -0.05) is 25.4 Å². The minimum absolute atomic E-state index is 0.0860. The van der Waals surface area contributed by atoms with Gasteiger partial charge in [0.1, 0.15) is 27.1 Å². The first-order valence-corrected chi connectivity index (χ1v) is 8.05. The highest BCUT2D eigenvalue weighted by Crippen LogP contribution is 2.29. The Balaban J connectivity index is 2.99. The maximum atomic E-state index is 11.2. The summed E-state index contributed by atoms with van der Waals surface area (Å²) in [5.41, 5.74) is 0.843. The maximum Gasteiger partial charge on any atom is 0.149 e. The molecule has 1 rings (SSSR count). The molecule has 0 atom stereocenters. The quantitative estimate of drug-likeness (QED) is 0.773. The lowest BCUT2D eigenvalue weighted by molar-refractivity contribution is 0.601. The zero-order chi connectivity index (χ0) is 13.9. The van der Waals surface area contributed by atoms with Crippen LogP contribution in [0.4, 0.5) is 5.82 Å². The molecule has 0 aliphatic rings. The molecule has 0 amide bonds. The second-order valence-corrected chi connectivity index (χ2v) is 7.23. The summed E-state index contributed by atoms with van der Waals surface area (Å²) in [6, 6.07) is 0. The maximum absolute atomic E-state index is 11.2. The molecule has 0 saturated carbocycles. The highest BCUT2D eigenvalue weighted by Gasteiger charge is 2.17. The van der Waals surface area contributed by atoms with E-state index < -0.39 is 9.84 Å². The van der Waals surface area contributed by atoms with Gasteiger partial charge in [0.2, 0.25) is 0 Å². The van der Waals surface area contributed by atoms with Crippen LogP contribution < -0.4 is 4.90 Å². The topological polar surface area (TPSA) is 63.2 Å². The van der Waals surface area contributed by atoms with E-state index in [-0.39, 0.29) is 11.7 Å². The van der Waals surface area contributed by atoms with Crippen LogP contribution in [0.2, 0.25) is 5.15 Å². The van der Waals surface area contributed by atoms with E-state index in [1.165, 1.54) is 12.6 Å². The molecular formula is C11H18ClN3O2S. The zero-order valence-electron chi connectivity index (χ0n) is 11.0. The fraction of sp³-hybridized carbons (Fsp3) is 0.636. The molecule has 7 heteroatoms. The minimum Gasteiger partial charge on any atom is -0.358 e. The van der Waals surface area contributed by atoms with Crippen molar-refractivity contribution < 1.29 is 8.42 Å². The van der Waals surface area contributed by atoms with Crippen molar-refractivity contribution in [2.45, 2.75) is 19.8 Å². The predicted molar refractivity (Wildman–Crippen MR) is 74.1 cm³/mol. The number of nitrogens with zero attached hydrogens (tertiary/aromatic N) is 3. The molecule has 0 fully saturated rings. The molecule has 1 aromatic heterocycles. The number of anilines is 1.